The van der Waals surface area contributed by atoms with Crippen molar-refractivity contribution in [3.05, 3.63) is 28.3 Å². The van der Waals surface area contributed by atoms with Crippen molar-refractivity contribution in [2.45, 2.75) is 30.7 Å². The van der Waals surface area contributed by atoms with Gasteiger partial charge in [-0.3, -0.25) is 4.79 Å². The van der Waals surface area contributed by atoms with E-state index in [0.717, 1.165) is 12.8 Å². The molecule has 18 heavy (non-hydrogen) atoms. The van der Waals surface area contributed by atoms with E-state index in [1.807, 2.05) is 0 Å². The maximum atomic E-state index is 11.9. The van der Waals surface area contributed by atoms with Gasteiger partial charge in [0.15, 0.2) is 0 Å². The highest BCUT2D eigenvalue weighted by Gasteiger charge is 2.26. The van der Waals surface area contributed by atoms with Crippen molar-refractivity contribution in [2.75, 3.05) is 0 Å². The number of amides is 1. The van der Waals surface area contributed by atoms with Crippen LogP contribution in [0.25, 0.3) is 0 Å². The first-order chi connectivity index (χ1) is 8.29. The number of rotatable bonds is 3. The third kappa shape index (κ3) is 2.82. The van der Waals surface area contributed by atoms with Crippen LogP contribution in [0.1, 0.15) is 28.8 Å². The molecule has 0 heterocycles. The van der Waals surface area contributed by atoms with Gasteiger partial charge >= 0.3 is 0 Å². The molecule has 7 heteroatoms. The van der Waals surface area contributed by atoms with Crippen LogP contribution in [-0.4, -0.2) is 20.4 Å². The average Bonchev–Trinajstić information content (AvgIpc) is 3.03. The first-order valence-corrected chi connectivity index (χ1v) is 7.35. The normalized spacial score (nSPS) is 15.5. The number of carbonyl (C=O) groups excluding carboxylic acids is 1. The van der Waals surface area contributed by atoms with Gasteiger partial charge in [-0.25, -0.2) is 13.6 Å². The van der Waals surface area contributed by atoms with Crippen LogP contribution in [0, 0.1) is 6.92 Å². The first kappa shape index (κ1) is 13.3. The van der Waals surface area contributed by atoms with Gasteiger partial charge in [0.05, 0.1) is 4.90 Å². The summed E-state index contributed by atoms with van der Waals surface area (Å²) in [4.78, 5) is 11.8. The topological polar surface area (TPSA) is 89.3 Å². The number of carbonyl (C=O) groups is 1. The quantitative estimate of drug-likeness (QED) is 0.875. The van der Waals surface area contributed by atoms with Gasteiger partial charge in [-0.1, -0.05) is 11.6 Å². The molecule has 2 rings (SSSR count). The van der Waals surface area contributed by atoms with Crippen LogP contribution in [0.4, 0.5) is 0 Å². The van der Waals surface area contributed by atoms with Crippen molar-refractivity contribution in [1.82, 2.24) is 5.32 Å². The van der Waals surface area contributed by atoms with Gasteiger partial charge in [-0.15, -0.1) is 0 Å². The molecular weight excluding hydrogens is 276 g/mol. The number of sulfonamides is 1. The zero-order chi connectivity index (χ0) is 13.5. The molecule has 1 aromatic carbocycles. The second-order valence-corrected chi connectivity index (χ2v) is 6.34. The summed E-state index contributed by atoms with van der Waals surface area (Å²) in [6.07, 6.45) is 1.90. The Bertz CT molecular complexity index is 609. The van der Waals surface area contributed by atoms with E-state index < -0.39 is 10.0 Å². The highest BCUT2D eigenvalue weighted by atomic mass is 35.5. The van der Waals surface area contributed by atoms with Gasteiger partial charge in [0.25, 0.3) is 5.91 Å². The molecule has 0 aliphatic heterocycles. The summed E-state index contributed by atoms with van der Waals surface area (Å²) in [5.41, 5.74) is 0.568. The van der Waals surface area contributed by atoms with E-state index in [4.69, 9.17) is 16.7 Å². The number of nitrogens with two attached hydrogens (primary N) is 1. The van der Waals surface area contributed by atoms with Gasteiger partial charge in [0, 0.05) is 16.6 Å². The number of hydrogen-bond acceptors (Lipinski definition) is 3. The second-order valence-electron chi connectivity index (χ2n) is 4.37. The number of halogens is 1. The molecule has 0 radical (unpaired) electrons. The van der Waals surface area contributed by atoms with E-state index in [1.165, 1.54) is 19.1 Å². The molecule has 0 spiro atoms. The number of nitrogens with one attached hydrogen (secondary N) is 1. The highest BCUT2D eigenvalue weighted by molar-refractivity contribution is 7.89. The Morgan fingerprint density at radius 3 is 2.56 bits per heavy atom. The van der Waals surface area contributed by atoms with Gasteiger partial charge in [-0.05, 0) is 37.5 Å². The Balaban J connectivity index is 2.47. The minimum atomic E-state index is -3.89. The number of hydrogen-bond donors (Lipinski definition) is 2. The maximum absolute atomic E-state index is 11.9. The molecule has 1 saturated carbocycles. The summed E-state index contributed by atoms with van der Waals surface area (Å²) in [6, 6.07) is 2.89. The molecular formula is C11H13ClN2O3S. The average molecular weight is 289 g/mol. The predicted molar refractivity (Wildman–Crippen MR) is 68.1 cm³/mol. The molecule has 5 nitrogen and oxygen atoms in total. The van der Waals surface area contributed by atoms with Crippen LogP contribution in [-0.2, 0) is 10.0 Å². The summed E-state index contributed by atoms with van der Waals surface area (Å²) in [7, 11) is -3.89. The lowest BCUT2D eigenvalue weighted by atomic mass is 10.1. The molecule has 1 fully saturated rings. The van der Waals surface area contributed by atoms with Crippen molar-refractivity contribution >= 4 is 27.5 Å². The van der Waals surface area contributed by atoms with Crippen molar-refractivity contribution in [3.8, 4) is 0 Å². The fourth-order valence-corrected chi connectivity index (χ4v) is 2.79. The lowest BCUT2D eigenvalue weighted by molar-refractivity contribution is 0.0950. The summed E-state index contributed by atoms with van der Waals surface area (Å²) in [5, 5.41) is 8.05. The Kier molecular flexibility index (Phi) is 3.35. The molecule has 0 unspecified atom stereocenters. The summed E-state index contributed by atoms with van der Waals surface area (Å²) in [5.74, 6) is -0.317. The van der Waals surface area contributed by atoms with Crippen LogP contribution in [0.2, 0.25) is 5.02 Å². The van der Waals surface area contributed by atoms with Crippen LogP contribution < -0.4 is 10.5 Å². The van der Waals surface area contributed by atoms with Crippen molar-refractivity contribution in [3.63, 3.8) is 0 Å². The van der Waals surface area contributed by atoms with E-state index in [0.29, 0.717) is 5.56 Å². The van der Waals surface area contributed by atoms with Crippen LogP contribution in [0.5, 0.6) is 0 Å². The molecule has 3 N–H and O–H groups in total. The maximum Gasteiger partial charge on any atom is 0.251 e. The molecule has 1 aromatic rings. The Labute approximate surface area is 110 Å². The molecule has 0 aromatic heterocycles. The standard InChI is InChI=1S/C11H13ClN2O3S/c1-6-9(11(15)14-8-2-3-8)4-7(12)5-10(6)18(13,16)17/h4-5,8H,2-3H2,1H3,(H,14,15)(H2,13,16,17). The fraction of sp³-hybridized carbons (Fsp3) is 0.364. The number of benzene rings is 1. The first-order valence-electron chi connectivity index (χ1n) is 5.43. The lowest BCUT2D eigenvalue weighted by Gasteiger charge is -2.11. The van der Waals surface area contributed by atoms with E-state index in [-0.39, 0.29) is 27.4 Å². The van der Waals surface area contributed by atoms with Gasteiger partial charge in [0.2, 0.25) is 10.0 Å². The monoisotopic (exact) mass is 288 g/mol. The minimum Gasteiger partial charge on any atom is -0.349 e. The minimum absolute atomic E-state index is 0.115. The third-order valence-electron chi connectivity index (χ3n) is 2.79. The highest BCUT2D eigenvalue weighted by Crippen LogP contribution is 2.25. The zero-order valence-electron chi connectivity index (χ0n) is 9.73. The second kappa shape index (κ2) is 4.53. The summed E-state index contributed by atoms with van der Waals surface area (Å²) in [6.45, 7) is 1.54. The van der Waals surface area contributed by atoms with E-state index in [9.17, 15) is 13.2 Å². The van der Waals surface area contributed by atoms with Gasteiger partial charge in [-0.2, -0.15) is 0 Å². The van der Waals surface area contributed by atoms with Crippen LogP contribution in [0.3, 0.4) is 0 Å². The van der Waals surface area contributed by atoms with Crippen LogP contribution in [0.15, 0.2) is 17.0 Å². The third-order valence-corrected chi connectivity index (χ3v) is 4.04. The molecule has 98 valence electrons. The van der Waals surface area contributed by atoms with Crippen molar-refractivity contribution < 1.29 is 13.2 Å². The molecule has 1 aliphatic rings. The Morgan fingerprint density at radius 1 is 1.44 bits per heavy atom. The van der Waals surface area contributed by atoms with Gasteiger partial charge < -0.3 is 5.32 Å². The molecule has 1 amide bonds. The Morgan fingerprint density at radius 2 is 2.06 bits per heavy atom. The predicted octanol–water partition coefficient (Wildman–Crippen LogP) is 1.19. The summed E-state index contributed by atoms with van der Waals surface area (Å²) < 4.78 is 22.8. The van der Waals surface area contributed by atoms with Crippen molar-refractivity contribution in [2.24, 2.45) is 5.14 Å². The van der Waals surface area contributed by atoms with Crippen LogP contribution >= 0.6 is 11.6 Å². The van der Waals surface area contributed by atoms with Gasteiger partial charge in [0.1, 0.15) is 0 Å². The fourth-order valence-electron chi connectivity index (χ4n) is 1.68. The molecule has 0 saturated heterocycles. The number of primary sulfonamides is 1. The molecule has 0 atom stereocenters. The van der Waals surface area contributed by atoms with E-state index in [2.05, 4.69) is 5.32 Å². The molecule has 0 bridgehead atoms. The lowest BCUT2D eigenvalue weighted by Crippen LogP contribution is -2.27. The smallest absolute Gasteiger partial charge is 0.251 e. The zero-order valence-corrected chi connectivity index (χ0v) is 11.3. The Hall–Kier alpha value is -1.11. The SMILES string of the molecule is Cc1c(C(=O)NC2CC2)cc(Cl)cc1S(N)(=O)=O. The van der Waals surface area contributed by atoms with E-state index >= 15 is 0 Å². The van der Waals surface area contributed by atoms with E-state index in [1.54, 1.807) is 0 Å². The largest absolute Gasteiger partial charge is 0.349 e. The summed E-state index contributed by atoms with van der Waals surface area (Å²) >= 11 is 5.82. The molecule has 1 aliphatic carbocycles. The van der Waals surface area contributed by atoms with Crippen molar-refractivity contribution in [1.29, 1.82) is 0 Å².